The third kappa shape index (κ3) is 4.27. The number of hydrogen-bond donors (Lipinski definition) is 0. The minimum atomic E-state index is -0.486. The molecule has 11 rings (SSSR count). The minimum Gasteiger partial charge on any atom is -0.309 e. The van der Waals surface area contributed by atoms with E-state index in [4.69, 9.17) is 0 Å². The molecule has 0 N–H and O–H groups in total. The van der Waals surface area contributed by atoms with Crippen LogP contribution in [-0.2, 0) is 5.41 Å². The van der Waals surface area contributed by atoms with Crippen molar-refractivity contribution in [1.82, 2.24) is 4.57 Å². The van der Waals surface area contributed by atoms with Gasteiger partial charge in [-0.15, -0.1) is 0 Å². The Morgan fingerprint density at radius 2 is 0.962 bits per heavy atom. The Kier molecular flexibility index (Phi) is 6.70. The molecule has 2 aliphatic rings. The zero-order chi connectivity index (χ0) is 34.2. The van der Waals surface area contributed by atoms with Crippen molar-refractivity contribution >= 4 is 45.3 Å². The smallest absolute Gasteiger partial charge is 0.0745 e. The van der Waals surface area contributed by atoms with Gasteiger partial charge in [-0.3, -0.25) is 0 Å². The summed E-state index contributed by atoms with van der Waals surface area (Å²) in [5.41, 5.74) is 13.5. The maximum Gasteiger partial charge on any atom is 0.0745 e. The number of para-hydroxylation sites is 3. The molecular formula is C49H31NS2. The highest BCUT2D eigenvalue weighted by atomic mass is 32.2. The number of fused-ring (bicyclic) bond motifs is 11. The molecular weight excluding hydrogens is 667 g/mol. The Labute approximate surface area is 311 Å². The minimum absolute atomic E-state index is 0.486. The number of benzene rings is 8. The maximum absolute atomic E-state index is 2.52. The summed E-state index contributed by atoms with van der Waals surface area (Å²) < 4.78 is 2.45. The normalized spacial score (nSPS) is 13.8. The summed E-state index contributed by atoms with van der Waals surface area (Å²) in [7, 11) is 0. The summed E-state index contributed by atoms with van der Waals surface area (Å²) >= 11 is 3.80. The quantitative estimate of drug-likeness (QED) is 0.181. The summed E-state index contributed by atoms with van der Waals surface area (Å²) in [5, 5.41) is 2.53. The van der Waals surface area contributed by atoms with Crippen molar-refractivity contribution in [2.75, 3.05) is 0 Å². The van der Waals surface area contributed by atoms with E-state index in [2.05, 4.69) is 193 Å². The van der Waals surface area contributed by atoms with Crippen LogP contribution in [0.2, 0.25) is 0 Å². The zero-order valence-corrected chi connectivity index (χ0v) is 29.8. The summed E-state index contributed by atoms with van der Waals surface area (Å²) in [6.07, 6.45) is 0. The highest BCUT2D eigenvalue weighted by Crippen LogP contribution is 2.62. The van der Waals surface area contributed by atoms with Crippen molar-refractivity contribution < 1.29 is 0 Å². The molecule has 0 unspecified atom stereocenters. The van der Waals surface area contributed by atoms with Crippen molar-refractivity contribution in [3.05, 3.63) is 210 Å². The van der Waals surface area contributed by atoms with Crippen LogP contribution < -0.4 is 0 Å². The number of rotatable bonds is 3. The molecule has 0 radical (unpaired) electrons. The van der Waals surface area contributed by atoms with Crippen molar-refractivity contribution in [3.8, 4) is 27.9 Å². The second-order valence-corrected chi connectivity index (χ2v) is 15.8. The fourth-order valence-corrected chi connectivity index (χ4v) is 11.1. The van der Waals surface area contributed by atoms with Gasteiger partial charge in [0.1, 0.15) is 0 Å². The van der Waals surface area contributed by atoms with Gasteiger partial charge in [0.2, 0.25) is 0 Å². The molecule has 1 spiro atoms. The van der Waals surface area contributed by atoms with Crippen LogP contribution in [-0.4, -0.2) is 4.57 Å². The summed E-state index contributed by atoms with van der Waals surface area (Å²) in [4.78, 5) is 5.24. The van der Waals surface area contributed by atoms with Gasteiger partial charge in [0.15, 0.2) is 0 Å². The molecule has 9 aromatic rings. The summed E-state index contributed by atoms with van der Waals surface area (Å²) in [5.74, 6) is 0. The van der Waals surface area contributed by atoms with E-state index in [1.54, 1.807) is 0 Å². The van der Waals surface area contributed by atoms with Crippen molar-refractivity contribution in [3.63, 3.8) is 0 Å². The van der Waals surface area contributed by atoms with Gasteiger partial charge < -0.3 is 4.57 Å². The molecule has 1 aromatic heterocycles. The van der Waals surface area contributed by atoms with Crippen molar-refractivity contribution in [2.45, 2.75) is 25.0 Å². The molecule has 0 aliphatic carbocycles. The van der Waals surface area contributed by atoms with Gasteiger partial charge >= 0.3 is 0 Å². The molecule has 8 aromatic carbocycles. The third-order valence-corrected chi connectivity index (χ3v) is 13.2. The van der Waals surface area contributed by atoms with Crippen LogP contribution in [0.4, 0.5) is 0 Å². The van der Waals surface area contributed by atoms with E-state index in [-0.39, 0.29) is 0 Å². The summed E-state index contributed by atoms with van der Waals surface area (Å²) in [6, 6.07) is 69.8. The predicted octanol–water partition coefficient (Wildman–Crippen LogP) is 13.4. The van der Waals surface area contributed by atoms with Gasteiger partial charge in [0.05, 0.1) is 16.4 Å². The molecule has 244 valence electrons. The standard InChI is InChI=1S/C49H31NS2/c1-3-14-32(15-4-1)33-26-28-41-47(31-33)52-46-29-27-34(30-42(46)49(41)39-21-8-11-24-44(39)51-45-25-12-9-22-40(45)49)36-19-13-20-38-37-18-7-10-23-43(37)50(48(36)38)35-16-5-2-6-17-35/h1-31H. The first kappa shape index (κ1) is 29.9. The van der Waals surface area contributed by atoms with Crippen molar-refractivity contribution in [1.29, 1.82) is 0 Å². The van der Waals surface area contributed by atoms with Gasteiger partial charge in [-0.2, -0.15) is 0 Å². The van der Waals surface area contributed by atoms with Gasteiger partial charge in [-0.05, 0) is 87.5 Å². The molecule has 0 saturated carbocycles. The average Bonchev–Trinajstić information content (AvgIpc) is 3.56. The van der Waals surface area contributed by atoms with Crippen LogP contribution in [0.25, 0.3) is 49.7 Å². The Bertz CT molecular complexity index is 2810. The van der Waals surface area contributed by atoms with E-state index in [0.717, 1.165) is 0 Å². The molecule has 3 heterocycles. The maximum atomic E-state index is 2.52. The fraction of sp³-hybridized carbons (Fsp3) is 0.0204. The molecule has 0 amide bonds. The van der Waals surface area contributed by atoms with E-state index in [1.165, 1.54) is 91.6 Å². The molecule has 52 heavy (non-hydrogen) atoms. The Morgan fingerprint density at radius 3 is 1.75 bits per heavy atom. The molecule has 0 saturated heterocycles. The van der Waals surface area contributed by atoms with Crippen LogP contribution in [0.5, 0.6) is 0 Å². The van der Waals surface area contributed by atoms with Crippen LogP contribution in [0.1, 0.15) is 22.3 Å². The third-order valence-electron chi connectivity index (χ3n) is 10.9. The van der Waals surface area contributed by atoms with Crippen LogP contribution >= 0.6 is 23.5 Å². The lowest BCUT2D eigenvalue weighted by Crippen LogP contribution is -2.36. The molecule has 0 bridgehead atoms. The van der Waals surface area contributed by atoms with Gasteiger partial charge in [-0.1, -0.05) is 163 Å². The number of aromatic nitrogens is 1. The highest BCUT2D eigenvalue weighted by Gasteiger charge is 2.48. The Morgan fingerprint density at radius 1 is 0.365 bits per heavy atom. The van der Waals surface area contributed by atoms with Crippen LogP contribution in [0, 0.1) is 0 Å². The first-order valence-corrected chi connectivity index (χ1v) is 19.4. The second-order valence-electron chi connectivity index (χ2n) is 13.6. The van der Waals surface area contributed by atoms with Gasteiger partial charge in [0.25, 0.3) is 0 Å². The number of nitrogens with zero attached hydrogens (tertiary/aromatic N) is 1. The summed E-state index contributed by atoms with van der Waals surface area (Å²) in [6.45, 7) is 0. The lowest BCUT2D eigenvalue weighted by molar-refractivity contribution is 0.667. The van der Waals surface area contributed by atoms with E-state index < -0.39 is 5.41 Å². The number of hydrogen-bond acceptors (Lipinski definition) is 2. The van der Waals surface area contributed by atoms with Crippen molar-refractivity contribution in [2.24, 2.45) is 0 Å². The molecule has 0 atom stereocenters. The van der Waals surface area contributed by atoms with E-state index in [9.17, 15) is 0 Å². The monoisotopic (exact) mass is 697 g/mol. The van der Waals surface area contributed by atoms with Gasteiger partial charge in [-0.25, -0.2) is 0 Å². The first-order chi connectivity index (χ1) is 25.8. The largest absolute Gasteiger partial charge is 0.309 e. The fourth-order valence-electron chi connectivity index (χ4n) is 8.74. The first-order valence-electron chi connectivity index (χ1n) is 17.8. The highest BCUT2D eigenvalue weighted by molar-refractivity contribution is 8.00. The van der Waals surface area contributed by atoms with Crippen LogP contribution in [0.15, 0.2) is 208 Å². The molecule has 0 fully saturated rings. The predicted molar refractivity (Wildman–Crippen MR) is 218 cm³/mol. The van der Waals surface area contributed by atoms with Crippen LogP contribution in [0.3, 0.4) is 0 Å². The topological polar surface area (TPSA) is 4.93 Å². The van der Waals surface area contributed by atoms with E-state index in [1.807, 2.05) is 23.5 Å². The lowest BCUT2D eigenvalue weighted by atomic mass is 9.64. The lowest BCUT2D eigenvalue weighted by Gasteiger charge is -2.45. The average molecular weight is 698 g/mol. The second kappa shape index (κ2) is 11.6. The molecule has 2 aliphatic heterocycles. The molecule has 3 heteroatoms. The molecule has 1 nitrogen and oxygen atoms in total. The Hall–Kier alpha value is -5.74. The zero-order valence-electron chi connectivity index (χ0n) is 28.2. The Balaban J connectivity index is 1.23. The van der Waals surface area contributed by atoms with E-state index in [0.29, 0.717) is 0 Å². The van der Waals surface area contributed by atoms with Gasteiger partial charge in [0, 0.05) is 41.6 Å². The van der Waals surface area contributed by atoms with E-state index >= 15 is 0 Å². The SMILES string of the molecule is c1ccc(-c2ccc3c(c2)Sc2ccc(-c4cccc5c6ccccc6n(-c6ccccc6)c45)cc2C32c3ccccc3Sc3ccccc32)cc1.